The Morgan fingerprint density at radius 2 is 1.89 bits per heavy atom. The second kappa shape index (κ2) is 5.28. The third-order valence-corrected chi connectivity index (χ3v) is 3.34. The van der Waals surface area contributed by atoms with Crippen molar-refractivity contribution in [1.29, 1.82) is 0 Å². The van der Waals surface area contributed by atoms with Crippen molar-refractivity contribution >= 4 is 0 Å². The topological polar surface area (TPSA) is 23.5 Å². The van der Waals surface area contributed by atoms with E-state index in [1.807, 2.05) is 35.2 Å². The standard InChI is InChI=1S/C13H16F3NO/c14-13(15,16)11-6-7-17(9-12(11)18)8-10-4-2-1-3-5-10/h1-5,11-12,18H,6-9H2. The number of β-amino-alcohol motifs (C(OH)–C–C–N with tert-alkyl or cyclic N) is 1. The first-order valence-corrected chi connectivity index (χ1v) is 5.98. The number of hydrogen-bond acceptors (Lipinski definition) is 2. The number of benzene rings is 1. The first kappa shape index (κ1) is 13.4. The Hall–Kier alpha value is -1.07. The SMILES string of the molecule is OC1CN(Cc2ccccc2)CCC1C(F)(F)F. The minimum atomic E-state index is -4.29. The number of piperidine rings is 1. The van der Waals surface area contributed by atoms with Crippen LogP contribution in [0.4, 0.5) is 13.2 Å². The van der Waals surface area contributed by atoms with E-state index in [2.05, 4.69) is 0 Å². The summed E-state index contributed by atoms with van der Waals surface area (Å²) in [6.07, 6.45) is -5.64. The average molecular weight is 259 g/mol. The number of rotatable bonds is 2. The van der Waals surface area contributed by atoms with Gasteiger partial charge in [-0.05, 0) is 18.5 Å². The number of aliphatic hydroxyl groups excluding tert-OH is 1. The van der Waals surface area contributed by atoms with E-state index in [1.165, 1.54) is 0 Å². The van der Waals surface area contributed by atoms with Crippen LogP contribution in [0.2, 0.25) is 0 Å². The molecular formula is C13H16F3NO. The van der Waals surface area contributed by atoms with Crippen LogP contribution in [0.5, 0.6) is 0 Å². The number of aliphatic hydroxyl groups is 1. The van der Waals surface area contributed by atoms with Crippen LogP contribution in [0.1, 0.15) is 12.0 Å². The van der Waals surface area contributed by atoms with Crippen LogP contribution in [0.3, 0.4) is 0 Å². The summed E-state index contributed by atoms with van der Waals surface area (Å²) < 4.78 is 37.7. The maximum Gasteiger partial charge on any atom is 0.394 e. The minimum absolute atomic E-state index is 0.0303. The lowest BCUT2D eigenvalue weighted by Crippen LogP contribution is -2.48. The molecular weight excluding hydrogens is 243 g/mol. The van der Waals surface area contributed by atoms with Gasteiger partial charge >= 0.3 is 6.18 Å². The molecule has 0 bridgehead atoms. The van der Waals surface area contributed by atoms with Crippen LogP contribution in [0.15, 0.2) is 30.3 Å². The fourth-order valence-electron chi connectivity index (χ4n) is 2.36. The van der Waals surface area contributed by atoms with Gasteiger partial charge in [0.05, 0.1) is 12.0 Å². The zero-order valence-electron chi connectivity index (χ0n) is 9.90. The molecule has 0 saturated carbocycles. The van der Waals surface area contributed by atoms with E-state index in [-0.39, 0.29) is 13.0 Å². The van der Waals surface area contributed by atoms with Crippen molar-refractivity contribution in [3.05, 3.63) is 35.9 Å². The van der Waals surface area contributed by atoms with Crippen molar-refractivity contribution < 1.29 is 18.3 Å². The van der Waals surface area contributed by atoms with Gasteiger partial charge in [-0.15, -0.1) is 0 Å². The molecule has 5 heteroatoms. The lowest BCUT2D eigenvalue weighted by molar-refractivity contribution is -0.212. The van der Waals surface area contributed by atoms with E-state index >= 15 is 0 Å². The monoisotopic (exact) mass is 259 g/mol. The van der Waals surface area contributed by atoms with Crippen molar-refractivity contribution in [2.75, 3.05) is 13.1 Å². The summed E-state index contributed by atoms with van der Waals surface area (Å²) in [4.78, 5) is 1.86. The summed E-state index contributed by atoms with van der Waals surface area (Å²) in [5, 5.41) is 9.59. The Balaban J connectivity index is 1.93. The molecule has 1 aliphatic rings. The molecule has 2 atom stereocenters. The predicted molar refractivity (Wildman–Crippen MR) is 61.9 cm³/mol. The highest BCUT2D eigenvalue weighted by Crippen LogP contribution is 2.34. The van der Waals surface area contributed by atoms with Crippen LogP contribution in [0.25, 0.3) is 0 Å². The Kier molecular flexibility index (Phi) is 3.92. The molecule has 1 N–H and O–H groups in total. The third-order valence-electron chi connectivity index (χ3n) is 3.34. The minimum Gasteiger partial charge on any atom is -0.391 e. The van der Waals surface area contributed by atoms with Crippen LogP contribution in [-0.2, 0) is 6.54 Å². The molecule has 1 saturated heterocycles. The number of hydrogen-bond donors (Lipinski definition) is 1. The Bertz CT molecular complexity index is 380. The number of nitrogens with zero attached hydrogens (tertiary/aromatic N) is 1. The highest BCUT2D eigenvalue weighted by molar-refractivity contribution is 5.14. The van der Waals surface area contributed by atoms with Crippen molar-refractivity contribution in [2.24, 2.45) is 5.92 Å². The Morgan fingerprint density at radius 3 is 2.44 bits per heavy atom. The van der Waals surface area contributed by atoms with Gasteiger partial charge in [-0.25, -0.2) is 0 Å². The van der Waals surface area contributed by atoms with Gasteiger partial charge in [-0.1, -0.05) is 30.3 Å². The summed E-state index contributed by atoms with van der Waals surface area (Å²) in [6.45, 7) is 1.04. The average Bonchev–Trinajstić information content (AvgIpc) is 2.28. The highest BCUT2D eigenvalue weighted by Gasteiger charge is 2.46. The van der Waals surface area contributed by atoms with Gasteiger partial charge in [-0.2, -0.15) is 13.2 Å². The summed E-state index contributed by atoms with van der Waals surface area (Å²) >= 11 is 0. The zero-order chi connectivity index (χ0) is 13.2. The fourth-order valence-corrected chi connectivity index (χ4v) is 2.36. The summed E-state index contributed by atoms with van der Waals surface area (Å²) in [5.41, 5.74) is 1.05. The number of halogens is 3. The van der Waals surface area contributed by atoms with Crippen molar-refractivity contribution in [3.63, 3.8) is 0 Å². The molecule has 100 valence electrons. The number of likely N-dealkylation sites (tertiary alicyclic amines) is 1. The number of alkyl halides is 3. The van der Waals surface area contributed by atoms with Gasteiger partial charge in [0.1, 0.15) is 0 Å². The lowest BCUT2D eigenvalue weighted by atomic mass is 9.93. The van der Waals surface area contributed by atoms with Crippen LogP contribution >= 0.6 is 0 Å². The van der Waals surface area contributed by atoms with Crippen LogP contribution in [0, 0.1) is 5.92 Å². The largest absolute Gasteiger partial charge is 0.394 e. The van der Waals surface area contributed by atoms with E-state index in [1.54, 1.807) is 0 Å². The first-order chi connectivity index (χ1) is 8.47. The molecule has 1 aliphatic heterocycles. The zero-order valence-corrected chi connectivity index (χ0v) is 9.90. The lowest BCUT2D eigenvalue weighted by Gasteiger charge is -2.36. The van der Waals surface area contributed by atoms with Gasteiger partial charge in [0.25, 0.3) is 0 Å². The third kappa shape index (κ3) is 3.23. The molecule has 1 aromatic carbocycles. The van der Waals surface area contributed by atoms with E-state index in [0.717, 1.165) is 5.56 Å². The van der Waals surface area contributed by atoms with Gasteiger partial charge in [-0.3, -0.25) is 4.90 Å². The molecule has 0 spiro atoms. The van der Waals surface area contributed by atoms with E-state index in [4.69, 9.17) is 0 Å². The normalized spacial score (nSPS) is 26.2. The van der Waals surface area contributed by atoms with E-state index in [0.29, 0.717) is 13.1 Å². The van der Waals surface area contributed by atoms with Crippen LogP contribution in [-0.4, -0.2) is 35.4 Å². The summed E-state index contributed by atoms with van der Waals surface area (Å²) in [7, 11) is 0. The molecule has 1 heterocycles. The molecule has 1 aromatic rings. The quantitative estimate of drug-likeness (QED) is 0.881. The first-order valence-electron chi connectivity index (χ1n) is 5.98. The van der Waals surface area contributed by atoms with Crippen molar-refractivity contribution in [3.8, 4) is 0 Å². The maximum absolute atomic E-state index is 12.6. The molecule has 2 unspecified atom stereocenters. The smallest absolute Gasteiger partial charge is 0.391 e. The second-order valence-corrected chi connectivity index (χ2v) is 4.72. The molecule has 0 amide bonds. The van der Waals surface area contributed by atoms with Gasteiger partial charge in [0.2, 0.25) is 0 Å². The maximum atomic E-state index is 12.6. The van der Waals surface area contributed by atoms with Crippen LogP contribution < -0.4 is 0 Å². The summed E-state index contributed by atoms with van der Waals surface area (Å²) in [5.74, 6) is -1.58. The Labute approximate surface area is 104 Å². The van der Waals surface area contributed by atoms with Crippen molar-refractivity contribution in [1.82, 2.24) is 4.90 Å². The van der Waals surface area contributed by atoms with E-state index < -0.39 is 18.2 Å². The summed E-state index contributed by atoms with van der Waals surface area (Å²) in [6, 6.07) is 9.56. The molecule has 1 fully saturated rings. The van der Waals surface area contributed by atoms with Crippen molar-refractivity contribution in [2.45, 2.75) is 25.2 Å². The Morgan fingerprint density at radius 1 is 1.22 bits per heavy atom. The van der Waals surface area contributed by atoms with E-state index in [9.17, 15) is 18.3 Å². The van der Waals surface area contributed by atoms with Gasteiger partial charge < -0.3 is 5.11 Å². The predicted octanol–water partition coefficient (Wildman–Crippen LogP) is 2.43. The molecule has 18 heavy (non-hydrogen) atoms. The fraction of sp³-hybridized carbons (Fsp3) is 0.538. The molecule has 2 rings (SSSR count). The van der Waals surface area contributed by atoms with Gasteiger partial charge in [0.15, 0.2) is 0 Å². The molecule has 2 nitrogen and oxygen atoms in total. The van der Waals surface area contributed by atoms with Gasteiger partial charge in [0, 0.05) is 13.1 Å². The molecule has 0 radical (unpaired) electrons. The molecule has 0 aliphatic carbocycles. The second-order valence-electron chi connectivity index (χ2n) is 4.72. The molecule has 0 aromatic heterocycles. The highest BCUT2D eigenvalue weighted by atomic mass is 19.4.